The van der Waals surface area contributed by atoms with Gasteiger partial charge in [-0.2, -0.15) is 0 Å². The highest BCUT2D eigenvalue weighted by molar-refractivity contribution is 7.10. The van der Waals surface area contributed by atoms with Gasteiger partial charge in [0.2, 0.25) is 0 Å². The summed E-state index contributed by atoms with van der Waals surface area (Å²) in [5, 5.41) is 5.71. The molecule has 0 spiro atoms. The minimum atomic E-state index is 0.280. The van der Waals surface area contributed by atoms with E-state index in [9.17, 15) is 0 Å². The summed E-state index contributed by atoms with van der Waals surface area (Å²) < 4.78 is 6.10. The summed E-state index contributed by atoms with van der Waals surface area (Å²) in [5.74, 6) is 1.94. The number of hydrogen-bond acceptors (Lipinski definition) is 4. The number of guanidine groups is 1. The van der Waals surface area contributed by atoms with Crippen LogP contribution in [-0.4, -0.2) is 62.6 Å². The van der Waals surface area contributed by atoms with Crippen LogP contribution in [0.3, 0.4) is 0 Å². The van der Waals surface area contributed by atoms with E-state index in [2.05, 4.69) is 51.7 Å². The molecular formula is C21H30N4OS. The molecule has 1 fully saturated rings. The zero-order chi connectivity index (χ0) is 19.1. The van der Waals surface area contributed by atoms with Crippen molar-refractivity contribution in [3.05, 3.63) is 52.7 Å². The fraction of sp³-hybridized carbons (Fsp3) is 0.476. The Morgan fingerprint density at radius 1 is 1.22 bits per heavy atom. The molecule has 1 aliphatic rings. The van der Waals surface area contributed by atoms with Gasteiger partial charge < -0.3 is 19.9 Å². The average molecular weight is 387 g/mol. The molecule has 1 aromatic carbocycles. The van der Waals surface area contributed by atoms with Gasteiger partial charge in [0, 0.05) is 44.4 Å². The molecule has 3 rings (SSSR count). The van der Waals surface area contributed by atoms with Crippen LogP contribution < -0.4 is 10.1 Å². The van der Waals surface area contributed by atoms with Crippen molar-refractivity contribution < 1.29 is 4.74 Å². The van der Waals surface area contributed by atoms with Crippen molar-refractivity contribution in [3.8, 4) is 5.75 Å². The Labute approximate surface area is 166 Å². The summed E-state index contributed by atoms with van der Waals surface area (Å²) >= 11 is 1.80. The van der Waals surface area contributed by atoms with Gasteiger partial charge in [-0.1, -0.05) is 24.3 Å². The van der Waals surface area contributed by atoms with E-state index in [-0.39, 0.29) is 6.10 Å². The van der Waals surface area contributed by atoms with Crippen LogP contribution >= 0.6 is 11.3 Å². The van der Waals surface area contributed by atoms with Crippen molar-refractivity contribution in [1.82, 2.24) is 15.1 Å². The molecule has 2 heterocycles. The standard InChI is InChI=1S/C21H30N4OS/c1-22-21(23-16-19(24(2)3)20-10-7-15-27-20)25-13-11-18(12-14-25)26-17-8-5-4-6-9-17/h4-10,15,18-19H,11-14,16H2,1-3H3,(H,22,23). The van der Waals surface area contributed by atoms with E-state index in [1.165, 1.54) is 4.88 Å². The van der Waals surface area contributed by atoms with Crippen LogP contribution in [0, 0.1) is 0 Å². The van der Waals surface area contributed by atoms with E-state index in [1.54, 1.807) is 11.3 Å². The maximum absolute atomic E-state index is 6.10. The lowest BCUT2D eigenvalue weighted by Gasteiger charge is -2.35. The first-order chi connectivity index (χ1) is 13.2. The highest BCUT2D eigenvalue weighted by Crippen LogP contribution is 2.23. The maximum atomic E-state index is 6.10. The third-order valence-electron chi connectivity index (χ3n) is 4.95. The van der Waals surface area contributed by atoms with Gasteiger partial charge in [0.15, 0.2) is 5.96 Å². The van der Waals surface area contributed by atoms with E-state index in [0.717, 1.165) is 44.2 Å². The Morgan fingerprint density at radius 3 is 2.56 bits per heavy atom. The Bertz CT molecular complexity index is 694. The number of ether oxygens (including phenoxy) is 1. The molecule has 0 radical (unpaired) electrons. The number of likely N-dealkylation sites (N-methyl/N-ethyl adjacent to an activating group) is 1. The number of thiophene rings is 1. The van der Waals surface area contributed by atoms with E-state index >= 15 is 0 Å². The van der Waals surface area contributed by atoms with E-state index in [0.29, 0.717) is 6.04 Å². The number of benzene rings is 1. The molecule has 1 unspecified atom stereocenters. The lowest BCUT2D eigenvalue weighted by Crippen LogP contribution is -2.49. The zero-order valence-electron chi connectivity index (χ0n) is 16.5. The Balaban J connectivity index is 1.50. The SMILES string of the molecule is CN=C(NCC(c1cccs1)N(C)C)N1CCC(Oc2ccccc2)CC1. The molecule has 146 valence electrons. The quantitative estimate of drug-likeness (QED) is 0.610. The van der Waals surface area contributed by atoms with E-state index in [4.69, 9.17) is 4.74 Å². The lowest BCUT2D eigenvalue weighted by molar-refractivity contribution is 0.129. The lowest BCUT2D eigenvalue weighted by atomic mass is 10.1. The second-order valence-corrected chi connectivity index (χ2v) is 8.02. The van der Waals surface area contributed by atoms with Crippen molar-refractivity contribution in [2.75, 3.05) is 40.8 Å². The van der Waals surface area contributed by atoms with E-state index in [1.807, 2.05) is 37.4 Å². The first-order valence-corrected chi connectivity index (χ1v) is 10.4. The van der Waals surface area contributed by atoms with Crippen molar-refractivity contribution in [2.24, 2.45) is 4.99 Å². The molecule has 0 bridgehead atoms. The van der Waals surface area contributed by atoms with Crippen LogP contribution in [0.15, 0.2) is 52.8 Å². The van der Waals surface area contributed by atoms with Gasteiger partial charge in [-0.3, -0.25) is 4.99 Å². The summed E-state index contributed by atoms with van der Waals surface area (Å²) in [6, 6.07) is 14.8. The summed E-state index contributed by atoms with van der Waals surface area (Å²) in [6.07, 6.45) is 2.30. The fourth-order valence-corrected chi connectivity index (χ4v) is 4.34. The molecule has 27 heavy (non-hydrogen) atoms. The normalized spacial score (nSPS) is 17.2. The van der Waals surface area contributed by atoms with Gasteiger partial charge in [0.05, 0.1) is 6.04 Å². The smallest absolute Gasteiger partial charge is 0.193 e. The molecule has 1 N–H and O–H groups in total. The van der Waals surface area contributed by atoms with Crippen molar-refractivity contribution in [3.63, 3.8) is 0 Å². The fourth-order valence-electron chi connectivity index (χ4n) is 3.42. The van der Waals surface area contributed by atoms with Crippen molar-refractivity contribution >= 4 is 17.3 Å². The Kier molecular flexibility index (Phi) is 7.12. The van der Waals surface area contributed by atoms with Crippen LogP contribution in [-0.2, 0) is 0 Å². The zero-order valence-corrected chi connectivity index (χ0v) is 17.3. The molecule has 1 aliphatic heterocycles. The van der Waals surface area contributed by atoms with Crippen LogP contribution in [0.25, 0.3) is 0 Å². The molecule has 2 aromatic rings. The summed E-state index contributed by atoms with van der Waals surface area (Å²) in [7, 11) is 6.12. The van der Waals surface area contributed by atoms with Gasteiger partial charge in [-0.15, -0.1) is 11.3 Å². The van der Waals surface area contributed by atoms with Crippen LogP contribution in [0.1, 0.15) is 23.8 Å². The monoisotopic (exact) mass is 386 g/mol. The third-order valence-corrected chi connectivity index (χ3v) is 5.92. The second kappa shape index (κ2) is 9.76. The molecule has 1 saturated heterocycles. The molecule has 1 aromatic heterocycles. The largest absolute Gasteiger partial charge is 0.490 e. The van der Waals surface area contributed by atoms with Gasteiger partial charge in [-0.25, -0.2) is 0 Å². The number of nitrogens with one attached hydrogen (secondary N) is 1. The maximum Gasteiger partial charge on any atom is 0.193 e. The number of likely N-dealkylation sites (tertiary alicyclic amines) is 1. The highest BCUT2D eigenvalue weighted by atomic mass is 32.1. The van der Waals surface area contributed by atoms with Gasteiger partial charge in [-0.05, 0) is 37.7 Å². The number of piperidine rings is 1. The van der Waals surface area contributed by atoms with Crippen molar-refractivity contribution in [2.45, 2.75) is 25.0 Å². The van der Waals surface area contributed by atoms with Gasteiger partial charge in [0.25, 0.3) is 0 Å². The van der Waals surface area contributed by atoms with Gasteiger partial charge in [0.1, 0.15) is 11.9 Å². The second-order valence-electron chi connectivity index (χ2n) is 7.04. The van der Waals surface area contributed by atoms with Crippen LogP contribution in [0.2, 0.25) is 0 Å². The average Bonchev–Trinajstić information content (AvgIpc) is 3.21. The Morgan fingerprint density at radius 2 is 1.96 bits per heavy atom. The topological polar surface area (TPSA) is 40.1 Å². The third kappa shape index (κ3) is 5.47. The highest BCUT2D eigenvalue weighted by Gasteiger charge is 2.24. The minimum absolute atomic E-state index is 0.280. The predicted octanol–water partition coefficient (Wildman–Crippen LogP) is 3.47. The van der Waals surface area contributed by atoms with Gasteiger partial charge >= 0.3 is 0 Å². The number of rotatable bonds is 6. The summed E-state index contributed by atoms with van der Waals surface area (Å²) in [6.45, 7) is 2.77. The molecule has 5 nitrogen and oxygen atoms in total. The first kappa shape index (κ1) is 19.7. The Hall–Kier alpha value is -2.05. The molecule has 1 atom stereocenters. The predicted molar refractivity (Wildman–Crippen MR) is 114 cm³/mol. The molecule has 6 heteroatoms. The number of hydrogen-bond donors (Lipinski definition) is 1. The number of aliphatic imine (C=N–C) groups is 1. The van der Waals surface area contributed by atoms with E-state index < -0.39 is 0 Å². The van der Waals surface area contributed by atoms with Crippen molar-refractivity contribution in [1.29, 1.82) is 0 Å². The minimum Gasteiger partial charge on any atom is -0.490 e. The number of para-hydroxylation sites is 1. The number of nitrogens with zero attached hydrogens (tertiary/aromatic N) is 3. The first-order valence-electron chi connectivity index (χ1n) is 9.54. The summed E-state index contributed by atoms with van der Waals surface area (Å²) in [4.78, 5) is 10.5. The summed E-state index contributed by atoms with van der Waals surface area (Å²) in [5.41, 5.74) is 0. The molecule has 0 aliphatic carbocycles. The van der Waals surface area contributed by atoms with Crippen LogP contribution in [0.5, 0.6) is 5.75 Å². The molecular weight excluding hydrogens is 356 g/mol. The molecule has 0 saturated carbocycles. The molecule has 0 amide bonds. The van der Waals surface area contributed by atoms with Crippen LogP contribution in [0.4, 0.5) is 0 Å².